The van der Waals surface area contributed by atoms with Crippen molar-refractivity contribution in [3.8, 4) is 0 Å². The van der Waals surface area contributed by atoms with Gasteiger partial charge in [0.1, 0.15) is 12.0 Å². The second-order valence-electron chi connectivity index (χ2n) is 3.49. The van der Waals surface area contributed by atoms with E-state index in [-0.39, 0.29) is 5.69 Å². The number of rotatable bonds is 6. The molecule has 0 aromatic carbocycles. The van der Waals surface area contributed by atoms with Gasteiger partial charge < -0.3 is 5.32 Å². The number of anilines is 1. The predicted molar refractivity (Wildman–Crippen MR) is 74.7 cm³/mol. The lowest BCUT2D eigenvalue weighted by Crippen LogP contribution is -2.22. The molecule has 1 aromatic rings. The van der Waals surface area contributed by atoms with Gasteiger partial charge in [0.05, 0.1) is 9.40 Å². The van der Waals surface area contributed by atoms with Crippen LogP contribution in [0.25, 0.3) is 0 Å². The lowest BCUT2D eigenvalue weighted by molar-refractivity contribution is -0.385. The molecule has 1 atom stereocenters. The number of hydrogen-bond acceptors (Lipinski definition) is 5. The third-order valence-corrected chi connectivity index (χ3v) is 3.58. The summed E-state index contributed by atoms with van der Waals surface area (Å²) in [6.45, 7) is 2.09. The first-order chi connectivity index (χ1) is 8.08. The fourth-order valence-electron chi connectivity index (χ4n) is 1.29. The molecule has 0 aliphatic heterocycles. The number of thioether (sulfide) groups is 1. The van der Waals surface area contributed by atoms with Crippen LogP contribution in [0.5, 0.6) is 0 Å². The molecule has 0 spiro atoms. The minimum atomic E-state index is -0.458. The van der Waals surface area contributed by atoms with Gasteiger partial charge in [-0.2, -0.15) is 11.8 Å². The number of nitrogens with zero attached hydrogens (tertiary/aromatic N) is 2. The maximum Gasteiger partial charge on any atom is 0.288 e. The molecule has 0 saturated heterocycles. The van der Waals surface area contributed by atoms with Crippen molar-refractivity contribution in [2.24, 2.45) is 0 Å². The second kappa shape index (κ2) is 6.80. The van der Waals surface area contributed by atoms with Gasteiger partial charge in [-0.1, -0.05) is 6.92 Å². The summed E-state index contributed by atoms with van der Waals surface area (Å²) >= 11 is 5.04. The fraction of sp³-hybridized carbons (Fsp3) is 0.500. The maximum absolute atomic E-state index is 10.6. The van der Waals surface area contributed by atoms with E-state index in [2.05, 4.69) is 33.2 Å². The average Bonchev–Trinajstić information content (AvgIpc) is 2.30. The highest BCUT2D eigenvalue weighted by atomic mass is 79.9. The highest BCUT2D eigenvalue weighted by Gasteiger charge is 2.13. The number of nitro groups is 1. The third kappa shape index (κ3) is 4.16. The number of hydrogen-bond donors (Lipinski definition) is 1. The summed E-state index contributed by atoms with van der Waals surface area (Å²) in [5, 5.41) is 13.8. The molecule has 0 bridgehead atoms. The van der Waals surface area contributed by atoms with Crippen molar-refractivity contribution in [2.45, 2.75) is 19.4 Å². The van der Waals surface area contributed by atoms with Crippen molar-refractivity contribution < 1.29 is 4.92 Å². The molecule has 1 heterocycles. The van der Waals surface area contributed by atoms with Crippen LogP contribution < -0.4 is 5.32 Å². The topological polar surface area (TPSA) is 68.1 Å². The molecule has 0 radical (unpaired) electrons. The minimum absolute atomic E-state index is 0.0136. The van der Waals surface area contributed by atoms with Gasteiger partial charge in [-0.05, 0) is 28.6 Å². The second-order valence-corrected chi connectivity index (χ2v) is 5.25. The quantitative estimate of drug-likeness (QED) is 0.643. The number of aromatic nitrogens is 1. The lowest BCUT2D eigenvalue weighted by Gasteiger charge is -2.16. The molecule has 7 heteroatoms. The highest BCUT2D eigenvalue weighted by molar-refractivity contribution is 9.10. The summed E-state index contributed by atoms with van der Waals surface area (Å²) in [6.07, 6.45) is 4.29. The Morgan fingerprint density at radius 2 is 2.41 bits per heavy atom. The van der Waals surface area contributed by atoms with Gasteiger partial charge in [-0.3, -0.25) is 10.1 Å². The van der Waals surface area contributed by atoms with Gasteiger partial charge in [0.25, 0.3) is 5.69 Å². The van der Waals surface area contributed by atoms with E-state index in [0.29, 0.717) is 16.3 Å². The Labute approximate surface area is 113 Å². The summed E-state index contributed by atoms with van der Waals surface area (Å²) < 4.78 is 0.617. The first-order valence-corrected chi connectivity index (χ1v) is 7.32. The molecule has 0 fully saturated rings. The molecule has 0 saturated carbocycles. The van der Waals surface area contributed by atoms with Gasteiger partial charge in [0, 0.05) is 17.9 Å². The van der Waals surface area contributed by atoms with E-state index < -0.39 is 4.92 Å². The van der Waals surface area contributed by atoms with Crippen molar-refractivity contribution in [2.75, 3.05) is 17.3 Å². The van der Waals surface area contributed by atoms with Crippen LogP contribution in [0.4, 0.5) is 11.5 Å². The first-order valence-electron chi connectivity index (χ1n) is 5.13. The van der Waals surface area contributed by atoms with Crippen LogP contribution in [0, 0.1) is 10.1 Å². The molecule has 0 aliphatic carbocycles. The summed E-state index contributed by atoms with van der Waals surface area (Å²) in [7, 11) is 0. The molecular weight excluding hydrogens is 306 g/mol. The van der Waals surface area contributed by atoms with Gasteiger partial charge >= 0.3 is 0 Å². The van der Waals surface area contributed by atoms with E-state index in [4.69, 9.17) is 0 Å². The van der Waals surface area contributed by atoms with Crippen LogP contribution in [0.2, 0.25) is 0 Å². The Kier molecular flexibility index (Phi) is 5.70. The summed E-state index contributed by atoms with van der Waals surface area (Å²) in [4.78, 5) is 14.2. The molecule has 0 aliphatic rings. The number of pyridine rings is 1. The zero-order valence-electron chi connectivity index (χ0n) is 9.64. The Balaban J connectivity index is 2.81. The number of nitrogens with one attached hydrogen (secondary N) is 1. The highest BCUT2D eigenvalue weighted by Crippen LogP contribution is 2.25. The van der Waals surface area contributed by atoms with Crippen molar-refractivity contribution in [3.63, 3.8) is 0 Å². The van der Waals surface area contributed by atoms with Crippen LogP contribution in [0.15, 0.2) is 16.7 Å². The van der Waals surface area contributed by atoms with Gasteiger partial charge in [0.2, 0.25) is 0 Å². The largest absolute Gasteiger partial charge is 0.366 e. The molecule has 1 N–H and O–H groups in total. The number of halogens is 1. The predicted octanol–water partition coefficient (Wildman–Crippen LogP) is 3.31. The first kappa shape index (κ1) is 14.2. The Morgan fingerprint density at radius 3 is 2.88 bits per heavy atom. The van der Waals surface area contributed by atoms with Gasteiger partial charge in [-0.15, -0.1) is 0 Å². The molecule has 17 heavy (non-hydrogen) atoms. The minimum Gasteiger partial charge on any atom is -0.366 e. The van der Waals surface area contributed by atoms with Crippen molar-refractivity contribution >= 4 is 39.2 Å². The Bertz CT molecular complexity index is 403. The molecular formula is C10H14BrN3O2S. The molecule has 0 amide bonds. The normalized spacial score (nSPS) is 12.2. The molecule has 5 nitrogen and oxygen atoms in total. The van der Waals surface area contributed by atoms with Gasteiger partial charge in [-0.25, -0.2) is 4.98 Å². The van der Waals surface area contributed by atoms with Gasteiger partial charge in [0.15, 0.2) is 0 Å². The standard InChI is InChI=1S/C10H14BrN3O2S/c1-3-7(6-17-2)13-10-9(11)4-8(5-12-10)14(15)16/h4-5,7H,3,6H2,1-2H3,(H,12,13). The SMILES string of the molecule is CCC(CSC)Nc1ncc([N+](=O)[O-])cc1Br. The van der Waals surface area contributed by atoms with Crippen LogP contribution in [0.1, 0.15) is 13.3 Å². The van der Waals surface area contributed by atoms with Crippen molar-refractivity contribution in [1.82, 2.24) is 4.98 Å². The zero-order chi connectivity index (χ0) is 12.8. The van der Waals surface area contributed by atoms with E-state index in [1.807, 2.05) is 6.26 Å². The van der Waals surface area contributed by atoms with E-state index >= 15 is 0 Å². The van der Waals surface area contributed by atoms with E-state index in [1.165, 1.54) is 12.3 Å². The fourth-order valence-corrected chi connectivity index (χ4v) is 2.46. The summed E-state index contributed by atoms with van der Waals surface area (Å²) in [5.41, 5.74) is -0.0136. The third-order valence-electron chi connectivity index (χ3n) is 2.24. The zero-order valence-corrected chi connectivity index (χ0v) is 12.0. The maximum atomic E-state index is 10.6. The van der Waals surface area contributed by atoms with Crippen molar-refractivity contribution in [1.29, 1.82) is 0 Å². The molecule has 1 rings (SSSR count). The van der Waals surface area contributed by atoms with E-state index in [1.54, 1.807) is 11.8 Å². The molecule has 94 valence electrons. The average molecular weight is 320 g/mol. The van der Waals surface area contributed by atoms with E-state index in [0.717, 1.165) is 12.2 Å². The van der Waals surface area contributed by atoms with Crippen molar-refractivity contribution in [3.05, 3.63) is 26.9 Å². The van der Waals surface area contributed by atoms with Crippen LogP contribution >= 0.6 is 27.7 Å². The molecule has 1 aromatic heterocycles. The summed E-state index contributed by atoms with van der Waals surface area (Å²) in [6, 6.07) is 1.77. The van der Waals surface area contributed by atoms with E-state index in [9.17, 15) is 10.1 Å². The monoisotopic (exact) mass is 319 g/mol. The Hall–Kier alpha value is -0.820. The van der Waals surface area contributed by atoms with Crippen LogP contribution in [0.3, 0.4) is 0 Å². The van der Waals surface area contributed by atoms with Crippen LogP contribution in [-0.2, 0) is 0 Å². The van der Waals surface area contributed by atoms with Crippen LogP contribution in [-0.4, -0.2) is 28.0 Å². The molecule has 1 unspecified atom stereocenters. The Morgan fingerprint density at radius 1 is 1.71 bits per heavy atom. The summed E-state index contributed by atoms with van der Waals surface area (Å²) in [5.74, 6) is 1.62. The lowest BCUT2D eigenvalue weighted by atomic mass is 10.2. The smallest absolute Gasteiger partial charge is 0.288 e.